The van der Waals surface area contributed by atoms with E-state index in [0.717, 1.165) is 33.2 Å². The van der Waals surface area contributed by atoms with Crippen LogP contribution in [0.2, 0.25) is 5.02 Å². The lowest BCUT2D eigenvalue weighted by molar-refractivity contribution is -0.883. The minimum Gasteiger partial charge on any atom is -0.496 e. The molecule has 0 fully saturated rings. The monoisotopic (exact) mass is 357 g/mol. The number of ketones is 1. The molecule has 0 bridgehead atoms. The van der Waals surface area contributed by atoms with E-state index in [2.05, 4.69) is 26.1 Å². The first-order chi connectivity index (χ1) is 11.8. The van der Waals surface area contributed by atoms with Crippen molar-refractivity contribution in [2.24, 2.45) is 0 Å². The molecule has 5 heteroatoms. The average molecular weight is 358 g/mol. The predicted octanol–water partition coefficient (Wildman–Crippen LogP) is 4.27. The van der Waals surface area contributed by atoms with Crippen LogP contribution in [0.4, 0.5) is 0 Å². The zero-order valence-electron chi connectivity index (χ0n) is 14.9. The molecule has 0 saturated carbocycles. The third-order valence-corrected chi connectivity index (χ3v) is 4.35. The van der Waals surface area contributed by atoms with Crippen LogP contribution in [0.5, 0.6) is 5.75 Å². The number of ether oxygens (including phenoxy) is 1. The molecule has 2 aromatic carbocycles. The molecule has 0 aliphatic heterocycles. The van der Waals surface area contributed by atoms with Crippen molar-refractivity contribution in [2.45, 2.75) is 6.54 Å². The van der Waals surface area contributed by atoms with Gasteiger partial charge in [0.25, 0.3) is 0 Å². The predicted molar refractivity (Wildman–Crippen MR) is 101 cm³/mol. The number of aromatic amines is 1. The fraction of sp³-hybridized carbons (Fsp3) is 0.250. The minimum atomic E-state index is -0.0389. The van der Waals surface area contributed by atoms with Crippen LogP contribution >= 0.6 is 11.6 Å². The Hall–Kier alpha value is -2.30. The molecule has 25 heavy (non-hydrogen) atoms. The highest BCUT2D eigenvalue weighted by Gasteiger charge is 2.21. The number of methoxy groups -OCH3 is 1. The second-order valence-electron chi connectivity index (χ2n) is 7.16. The molecule has 0 unspecified atom stereocenters. The summed E-state index contributed by atoms with van der Waals surface area (Å²) in [6.45, 7) is 0.828. The fourth-order valence-electron chi connectivity index (χ4n) is 3.04. The first kappa shape index (κ1) is 17.5. The lowest BCUT2D eigenvalue weighted by Gasteiger charge is -2.23. The summed E-state index contributed by atoms with van der Waals surface area (Å²) in [4.78, 5) is 16.2. The number of benzene rings is 2. The van der Waals surface area contributed by atoms with Crippen molar-refractivity contribution in [3.05, 3.63) is 64.3 Å². The zero-order valence-corrected chi connectivity index (χ0v) is 15.6. The summed E-state index contributed by atoms with van der Waals surface area (Å²) in [7, 11) is 8.05. The van der Waals surface area contributed by atoms with E-state index in [-0.39, 0.29) is 5.78 Å². The summed E-state index contributed by atoms with van der Waals surface area (Å²) in [5.41, 5.74) is 3.18. The number of hydrogen-bond donors (Lipinski definition) is 1. The van der Waals surface area contributed by atoms with Crippen LogP contribution in [0, 0.1) is 0 Å². The number of rotatable bonds is 5. The third-order valence-electron chi connectivity index (χ3n) is 4.09. The summed E-state index contributed by atoms with van der Waals surface area (Å²) in [5.74, 6) is 0.732. The van der Waals surface area contributed by atoms with Gasteiger partial charge < -0.3 is 14.2 Å². The number of nitrogens with one attached hydrogen (secondary N) is 1. The van der Waals surface area contributed by atoms with Crippen molar-refractivity contribution in [1.82, 2.24) is 4.98 Å². The Morgan fingerprint density at radius 1 is 1.12 bits per heavy atom. The summed E-state index contributed by atoms with van der Waals surface area (Å²) in [5, 5.41) is 1.58. The number of quaternary nitrogens is 1. The number of halogens is 1. The molecule has 0 atom stereocenters. The van der Waals surface area contributed by atoms with Crippen molar-refractivity contribution in [3.63, 3.8) is 0 Å². The number of aromatic nitrogens is 1. The highest BCUT2D eigenvalue weighted by molar-refractivity contribution is 6.30. The molecular weight excluding hydrogens is 336 g/mol. The van der Waals surface area contributed by atoms with E-state index in [0.29, 0.717) is 16.1 Å². The fourth-order valence-corrected chi connectivity index (χ4v) is 3.16. The lowest BCUT2D eigenvalue weighted by atomic mass is 9.99. The Labute approximate surface area is 152 Å². The van der Waals surface area contributed by atoms with Crippen molar-refractivity contribution in [2.75, 3.05) is 28.3 Å². The van der Waals surface area contributed by atoms with E-state index in [9.17, 15) is 4.79 Å². The molecule has 0 aliphatic rings. The molecule has 0 spiro atoms. The van der Waals surface area contributed by atoms with Crippen LogP contribution in [-0.4, -0.2) is 43.5 Å². The highest BCUT2D eigenvalue weighted by Crippen LogP contribution is 2.33. The highest BCUT2D eigenvalue weighted by atomic mass is 35.5. The van der Waals surface area contributed by atoms with Crippen molar-refractivity contribution >= 4 is 28.3 Å². The average Bonchev–Trinajstić information content (AvgIpc) is 2.96. The Kier molecular flexibility index (Phi) is 4.58. The Balaban J connectivity index is 2.14. The van der Waals surface area contributed by atoms with E-state index < -0.39 is 0 Å². The Morgan fingerprint density at radius 2 is 1.80 bits per heavy atom. The molecule has 1 heterocycles. The molecule has 4 nitrogen and oxygen atoms in total. The largest absolute Gasteiger partial charge is 0.496 e. The molecule has 0 aliphatic carbocycles. The van der Waals surface area contributed by atoms with Crippen LogP contribution in [0.3, 0.4) is 0 Å². The Morgan fingerprint density at radius 3 is 2.40 bits per heavy atom. The second-order valence-corrected chi connectivity index (χ2v) is 7.60. The summed E-state index contributed by atoms with van der Waals surface area (Å²) >= 11 is 5.93. The van der Waals surface area contributed by atoms with E-state index in [1.165, 1.54) is 0 Å². The Bertz CT molecular complexity index is 921. The maximum absolute atomic E-state index is 13.0. The summed E-state index contributed by atoms with van der Waals surface area (Å²) in [6, 6.07) is 10.6. The molecule has 0 amide bonds. The van der Waals surface area contributed by atoms with Gasteiger partial charge in [0.1, 0.15) is 12.3 Å². The van der Waals surface area contributed by atoms with Crippen LogP contribution < -0.4 is 4.74 Å². The number of carbonyl (C=O) groups is 1. The summed E-state index contributed by atoms with van der Waals surface area (Å²) in [6.07, 6.45) is 1.97. The molecule has 0 saturated heterocycles. The summed E-state index contributed by atoms with van der Waals surface area (Å²) < 4.78 is 6.32. The van der Waals surface area contributed by atoms with Gasteiger partial charge in [-0.05, 0) is 36.4 Å². The van der Waals surface area contributed by atoms with Gasteiger partial charge in [0.05, 0.1) is 39.2 Å². The van der Waals surface area contributed by atoms with Crippen molar-refractivity contribution in [1.29, 1.82) is 0 Å². The molecule has 0 radical (unpaired) electrons. The number of hydrogen-bond acceptors (Lipinski definition) is 2. The number of fused-ring (bicyclic) bond motifs is 1. The third kappa shape index (κ3) is 3.55. The van der Waals surface area contributed by atoms with E-state index in [4.69, 9.17) is 16.3 Å². The molecular formula is C20H22ClN2O2+. The van der Waals surface area contributed by atoms with E-state index in [1.807, 2.05) is 18.3 Å². The normalized spacial score (nSPS) is 11.7. The second kappa shape index (κ2) is 6.54. The smallest absolute Gasteiger partial charge is 0.195 e. The van der Waals surface area contributed by atoms with E-state index in [1.54, 1.807) is 31.4 Å². The van der Waals surface area contributed by atoms with Gasteiger partial charge in [0.2, 0.25) is 0 Å². The topological polar surface area (TPSA) is 42.1 Å². The van der Waals surface area contributed by atoms with Crippen LogP contribution in [-0.2, 0) is 6.54 Å². The molecule has 3 rings (SSSR count). The molecule has 1 aromatic heterocycles. The van der Waals surface area contributed by atoms with E-state index >= 15 is 0 Å². The van der Waals surface area contributed by atoms with Gasteiger partial charge in [-0.1, -0.05) is 11.6 Å². The lowest BCUT2D eigenvalue weighted by Crippen LogP contribution is -2.33. The van der Waals surface area contributed by atoms with Gasteiger partial charge >= 0.3 is 0 Å². The first-order valence-electron chi connectivity index (χ1n) is 8.08. The van der Waals surface area contributed by atoms with Crippen LogP contribution in [0.15, 0.2) is 42.6 Å². The van der Waals surface area contributed by atoms with Crippen molar-refractivity contribution in [3.8, 4) is 5.75 Å². The van der Waals surface area contributed by atoms with Gasteiger partial charge in [-0.25, -0.2) is 0 Å². The SMILES string of the molecule is COc1ccc(C(=O)c2ccc(Cl)cc2)c2[nH]cc(C[N+](C)(C)C)c12. The standard InChI is InChI=1S/C20H21ClN2O2/c1-23(2,3)12-14-11-22-19-16(9-10-17(25-4)18(14)19)20(24)13-5-7-15(21)8-6-13/h5-11H,12H2,1-4H3/p+1. The quantitative estimate of drug-likeness (QED) is 0.547. The number of carbonyl (C=O) groups excluding carboxylic acids is 1. The minimum absolute atomic E-state index is 0.0389. The molecule has 3 aromatic rings. The van der Waals surface area contributed by atoms with Crippen LogP contribution in [0.25, 0.3) is 10.9 Å². The van der Waals surface area contributed by atoms with Gasteiger partial charge in [-0.15, -0.1) is 0 Å². The maximum atomic E-state index is 13.0. The number of nitrogens with zero attached hydrogens (tertiary/aromatic N) is 1. The van der Waals surface area contributed by atoms with Gasteiger partial charge in [-0.2, -0.15) is 0 Å². The zero-order chi connectivity index (χ0) is 18.2. The first-order valence-corrected chi connectivity index (χ1v) is 8.45. The maximum Gasteiger partial charge on any atom is 0.195 e. The van der Waals surface area contributed by atoms with Gasteiger partial charge in [0, 0.05) is 27.9 Å². The molecule has 1 N–H and O–H groups in total. The van der Waals surface area contributed by atoms with Gasteiger partial charge in [-0.3, -0.25) is 4.79 Å². The van der Waals surface area contributed by atoms with Gasteiger partial charge in [0.15, 0.2) is 5.78 Å². The van der Waals surface area contributed by atoms with Crippen molar-refractivity contribution < 1.29 is 14.0 Å². The number of H-pyrrole nitrogens is 1. The van der Waals surface area contributed by atoms with Crippen LogP contribution in [0.1, 0.15) is 21.5 Å². The molecule has 130 valence electrons.